The van der Waals surface area contributed by atoms with Gasteiger partial charge in [0.15, 0.2) is 0 Å². The molecule has 2 aliphatic carbocycles. The number of nitrogens with one attached hydrogen (secondary N) is 2. The van der Waals surface area contributed by atoms with Gasteiger partial charge >= 0.3 is 0 Å². The fourth-order valence-electron chi connectivity index (χ4n) is 6.43. The first-order valence-electron chi connectivity index (χ1n) is 12.1. The Hall–Kier alpha value is -0.760. The fraction of sp³-hybridized carbons (Fsp3) is 0.957. The Morgan fingerprint density at radius 1 is 1.23 bits per heavy atom. The van der Waals surface area contributed by atoms with Crippen molar-refractivity contribution in [2.45, 2.75) is 88.3 Å². The highest BCUT2D eigenvalue weighted by Crippen LogP contribution is 2.38. The van der Waals surface area contributed by atoms with E-state index in [0.717, 1.165) is 52.0 Å². The van der Waals surface area contributed by atoms with Crippen LogP contribution in [-0.4, -0.2) is 92.5 Å². The normalized spacial score (nSPS) is 42.8. The highest BCUT2D eigenvalue weighted by atomic mass is 19.1. The molecule has 1 amide bonds. The minimum absolute atomic E-state index is 0.00347. The molecule has 4 fully saturated rings. The Morgan fingerprint density at radius 2 is 2.07 bits per heavy atom. The van der Waals surface area contributed by atoms with Crippen LogP contribution in [0.25, 0.3) is 0 Å². The lowest BCUT2D eigenvalue weighted by molar-refractivity contribution is -0.124. The number of carbonyl (C=O) groups excluding carboxylic acids is 1. The Bertz CT molecular complexity index is 574. The zero-order valence-corrected chi connectivity index (χ0v) is 19.0. The average molecular weight is 425 g/mol. The molecule has 2 saturated carbocycles. The molecular formula is C23H41FN4O2. The van der Waals surface area contributed by atoms with Crippen LogP contribution < -0.4 is 10.6 Å². The molecule has 0 radical (unpaired) electrons. The van der Waals surface area contributed by atoms with Crippen molar-refractivity contribution >= 4 is 5.91 Å². The van der Waals surface area contributed by atoms with Crippen LogP contribution in [0.4, 0.5) is 4.39 Å². The maximum Gasteiger partial charge on any atom is 0.237 e. The lowest BCUT2D eigenvalue weighted by Crippen LogP contribution is -2.57. The lowest BCUT2D eigenvalue weighted by Gasteiger charge is -2.45. The van der Waals surface area contributed by atoms with Gasteiger partial charge in [0.1, 0.15) is 6.17 Å². The van der Waals surface area contributed by atoms with Crippen LogP contribution in [0.3, 0.4) is 0 Å². The van der Waals surface area contributed by atoms with Crippen molar-refractivity contribution in [2.75, 3.05) is 40.4 Å². The van der Waals surface area contributed by atoms with Gasteiger partial charge < -0.3 is 20.3 Å². The first kappa shape index (κ1) is 22.4. The SMILES string of the molecule is CC1CCC(F)C2CC(C(=O)NC3CCCC(N4CCOCC4CN(C)C)C3)NC12. The molecule has 4 aliphatic rings. The second-order valence-electron chi connectivity index (χ2n) is 10.5. The van der Waals surface area contributed by atoms with Crippen LogP contribution in [0.2, 0.25) is 0 Å². The molecule has 8 atom stereocenters. The molecule has 2 saturated heterocycles. The third-order valence-corrected chi connectivity index (χ3v) is 7.97. The van der Waals surface area contributed by atoms with Crippen LogP contribution in [0, 0.1) is 11.8 Å². The number of alkyl halides is 1. The Balaban J connectivity index is 1.32. The summed E-state index contributed by atoms with van der Waals surface area (Å²) in [4.78, 5) is 17.9. The molecule has 0 bridgehead atoms. The number of rotatable bonds is 5. The topological polar surface area (TPSA) is 56.8 Å². The minimum atomic E-state index is -0.759. The van der Waals surface area contributed by atoms with Gasteiger partial charge in [-0.25, -0.2) is 4.39 Å². The van der Waals surface area contributed by atoms with Gasteiger partial charge in [-0.15, -0.1) is 0 Å². The summed E-state index contributed by atoms with van der Waals surface area (Å²) in [5.74, 6) is 0.541. The van der Waals surface area contributed by atoms with Crippen LogP contribution in [0.5, 0.6) is 0 Å². The highest BCUT2D eigenvalue weighted by molar-refractivity contribution is 5.82. The summed E-state index contributed by atoms with van der Waals surface area (Å²) in [5, 5.41) is 6.81. The molecule has 7 heteroatoms. The summed E-state index contributed by atoms with van der Waals surface area (Å²) in [7, 11) is 4.23. The molecule has 172 valence electrons. The van der Waals surface area contributed by atoms with Crippen LogP contribution >= 0.6 is 0 Å². The standard InChI is InChI=1S/C23H41FN4O2/c1-15-7-8-20(24)19-12-21(26-22(15)19)23(29)25-16-5-4-6-17(11-16)28-9-10-30-14-18(28)13-27(2)3/h15-22,26H,4-14H2,1-3H3,(H,25,29). The number of fused-ring (bicyclic) bond motifs is 1. The molecule has 8 unspecified atom stereocenters. The third kappa shape index (κ3) is 5.00. The van der Waals surface area contributed by atoms with Gasteiger partial charge in [0.25, 0.3) is 0 Å². The minimum Gasteiger partial charge on any atom is -0.378 e. The van der Waals surface area contributed by atoms with Gasteiger partial charge in [0.2, 0.25) is 5.91 Å². The van der Waals surface area contributed by atoms with Crippen molar-refractivity contribution in [3.05, 3.63) is 0 Å². The van der Waals surface area contributed by atoms with Crippen LogP contribution in [0.15, 0.2) is 0 Å². The second kappa shape index (κ2) is 9.80. The number of morpholine rings is 1. The second-order valence-corrected chi connectivity index (χ2v) is 10.5. The predicted molar refractivity (Wildman–Crippen MR) is 116 cm³/mol. The number of nitrogens with zero attached hydrogens (tertiary/aromatic N) is 2. The molecule has 0 aromatic carbocycles. The molecule has 30 heavy (non-hydrogen) atoms. The van der Waals surface area contributed by atoms with E-state index in [0.29, 0.717) is 30.8 Å². The maximum atomic E-state index is 14.4. The maximum absolute atomic E-state index is 14.4. The molecule has 2 N–H and O–H groups in total. The number of hydrogen-bond donors (Lipinski definition) is 2. The van der Waals surface area contributed by atoms with Gasteiger partial charge in [0.05, 0.1) is 19.3 Å². The van der Waals surface area contributed by atoms with Crippen molar-refractivity contribution < 1.29 is 13.9 Å². The van der Waals surface area contributed by atoms with E-state index in [2.05, 4.69) is 41.5 Å². The molecule has 4 rings (SSSR count). The van der Waals surface area contributed by atoms with Gasteiger partial charge in [-0.05, 0) is 65.0 Å². The molecule has 0 aromatic heterocycles. The molecule has 6 nitrogen and oxygen atoms in total. The average Bonchev–Trinajstić information content (AvgIpc) is 3.18. The summed E-state index contributed by atoms with van der Waals surface area (Å²) in [6, 6.07) is 1.08. The largest absolute Gasteiger partial charge is 0.378 e. The van der Waals surface area contributed by atoms with Gasteiger partial charge in [-0.3, -0.25) is 9.69 Å². The number of ether oxygens (including phenoxy) is 1. The molecule has 2 aliphatic heterocycles. The van der Waals surface area contributed by atoms with Gasteiger partial charge in [-0.2, -0.15) is 0 Å². The number of amides is 1. The first-order valence-corrected chi connectivity index (χ1v) is 12.1. The quantitative estimate of drug-likeness (QED) is 0.705. The number of carbonyl (C=O) groups is 1. The Kier molecular flexibility index (Phi) is 7.33. The zero-order chi connectivity index (χ0) is 21.3. The van der Waals surface area contributed by atoms with E-state index < -0.39 is 6.17 Å². The van der Waals surface area contributed by atoms with E-state index in [-0.39, 0.29) is 30.0 Å². The van der Waals surface area contributed by atoms with E-state index in [1.807, 2.05) is 0 Å². The van der Waals surface area contributed by atoms with Gasteiger partial charge in [-0.1, -0.05) is 6.92 Å². The number of likely N-dealkylation sites (N-methyl/N-ethyl adjacent to an activating group) is 1. The van der Waals surface area contributed by atoms with E-state index in [4.69, 9.17) is 4.74 Å². The first-order chi connectivity index (χ1) is 14.4. The van der Waals surface area contributed by atoms with E-state index in [9.17, 15) is 9.18 Å². The molecule has 0 spiro atoms. The summed E-state index contributed by atoms with van der Waals surface area (Å²) < 4.78 is 20.2. The van der Waals surface area contributed by atoms with E-state index >= 15 is 0 Å². The lowest BCUT2D eigenvalue weighted by atomic mass is 9.77. The van der Waals surface area contributed by atoms with E-state index in [1.54, 1.807) is 0 Å². The van der Waals surface area contributed by atoms with Crippen molar-refractivity contribution in [3.8, 4) is 0 Å². The monoisotopic (exact) mass is 424 g/mol. The molecule has 2 heterocycles. The van der Waals surface area contributed by atoms with Crippen LogP contribution in [0.1, 0.15) is 51.9 Å². The van der Waals surface area contributed by atoms with Crippen molar-refractivity contribution in [1.29, 1.82) is 0 Å². The highest BCUT2D eigenvalue weighted by Gasteiger charge is 2.46. The van der Waals surface area contributed by atoms with Crippen molar-refractivity contribution in [2.24, 2.45) is 11.8 Å². The summed E-state index contributed by atoms with van der Waals surface area (Å²) >= 11 is 0. The third-order valence-electron chi connectivity index (χ3n) is 7.97. The Labute approximate surface area is 181 Å². The number of halogens is 1. The van der Waals surface area contributed by atoms with E-state index in [1.165, 1.54) is 6.42 Å². The molecular weight excluding hydrogens is 383 g/mol. The summed E-state index contributed by atoms with van der Waals surface area (Å²) in [6.07, 6.45) is 5.86. The van der Waals surface area contributed by atoms with Crippen molar-refractivity contribution in [3.63, 3.8) is 0 Å². The van der Waals surface area contributed by atoms with Crippen molar-refractivity contribution in [1.82, 2.24) is 20.4 Å². The summed E-state index contributed by atoms with van der Waals surface area (Å²) in [6.45, 7) is 5.77. The fourth-order valence-corrected chi connectivity index (χ4v) is 6.43. The number of hydrogen-bond acceptors (Lipinski definition) is 5. The molecule has 0 aromatic rings. The van der Waals surface area contributed by atoms with Gasteiger partial charge in [0, 0.05) is 43.2 Å². The summed E-state index contributed by atoms with van der Waals surface area (Å²) in [5.41, 5.74) is 0. The zero-order valence-electron chi connectivity index (χ0n) is 19.0. The smallest absolute Gasteiger partial charge is 0.237 e. The van der Waals surface area contributed by atoms with Crippen LogP contribution in [-0.2, 0) is 9.53 Å². The Morgan fingerprint density at radius 3 is 2.83 bits per heavy atom. The predicted octanol–water partition coefficient (Wildman–Crippen LogP) is 1.79.